The number of aliphatic carboxylic acids is 1. The van der Waals surface area contributed by atoms with Crippen LogP contribution in [-0.2, 0) is 17.1 Å². The molecule has 1 N–H and O–H groups in total. The second-order valence-corrected chi connectivity index (χ2v) is 8.50. The Labute approximate surface area is 156 Å². The van der Waals surface area contributed by atoms with Crippen molar-refractivity contribution in [2.45, 2.75) is 44.4 Å². The van der Waals surface area contributed by atoms with E-state index in [2.05, 4.69) is 9.88 Å². The Morgan fingerprint density at radius 2 is 1.85 bits per heavy atom. The van der Waals surface area contributed by atoms with Gasteiger partial charge < -0.3 is 14.9 Å². The van der Waals surface area contributed by atoms with Gasteiger partial charge in [0.2, 0.25) is 5.95 Å². The maximum Gasteiger partial charge on any atom is 0.303 e. The summed E-state index contributed by atoms with van der Waals surface area (Å²) < 4.78 is 28.9. The largest absolute Gasteiger partial charge is 0.481 e. The summed E-state index contributed by atoms with van der Waals surface area (Å²) in [5.74, 6) is -1.67. The molecule has 2 atom stereocenters. The van der Waals surface area contributed by atoms with Gasteiger partial charge in [0.25, 0.3) is 5.92 Å². The fourth-order valence-electron chi connectivity index (χ4n) is 5.41. The Morgan fingerprint density at radius 3 is 2.52 bits per heavy atom. The second kappa shape index (κ2) is 6.01. The van der Waals surface area contributed by atoms with E-state index < -0.39 is 11.9 Å². The van der Waals surface area contributed by atoms with E-state index in [0.717, 1.165) is 32.4 Å². The van der Waals surface area contributed by atoms with Gasteiger partial charge >= 0.3 is 5.97 Å². The lowest BCUT2D eigenvalue weighted by atomic mass is 9.60. The molecule has 6 rings (SSSR count). The van der Waals surface area contributed by atoms with Crippen LogP contribution >= 0.6 is 0 Å². The number of anilines is 2. The highest BCUT2D eigenvalue weighted by Crippen LogP contribution is 2.50. The molecule has 146 valence electrons. The van der Waals surface area contributed by atoms with Gasteiger partial charge in [-0.25, -0.2) is 4.98 Å². The third-order valence-electron chi connectivity index (χ3n) is 6.83. The van der Waals surface area contributed by atoms with Crippen LogP contribution in [0.5, 0.6) is 0 Å². The average Bonchev–Trinajstić information content (AvgIpc) is 3.27. The number of hydrogen-bond donors (Lipinski definition) is 1. The van der Waals surface area contributed by atoms with Crippen molar-refractivity contribution < 1.29 is 18.7 Å². The van der Waals surface area contributed by atoms with Crippen molar-refractivity contribution in [2.75, 3.05) is 36.0 Å². The van der Waals surface area contributed by atoms with Crippen LogP contribution in [0.1, 0.15) is 43.4 Å². The van der Waals surface area contributed by atoms with Gasteiger partial charge in [-0.3, -0.25) is 4.79 Å². The number of carbonyl (C=O) groups is 1. The highest BCUT2D eigenvalue weighted by molar-refractivity contribution is 5.67. The lowest BCUT2D eigenvalue weighted by Gasteiger charge is -2.54. The smallest absolute Gasteiger partial charge is 0.303 e. The SMILES string of the molecule is O=C(O)CC1C2CC1CN(c1nc(N3CCCC3)nc3c1CCC3(F)F)C2. The lowest BCUT2D eigenvalue weighted by molar-refractivity contribution is -0.141. The molecule has 6 nitrogen and oxygen atoms in total. The molecule has 27 heavy (non-hydrogen) atoms. The third kappa shape index (κ3) is 2.75. The number of piperidine rings is 2. The van der Waals surface area contributed by atoms with E-state index in [1.165, 1.54) is 0 Å². The molecule has 2 unspecified atom stereocenters. The van der Waals surface area contributed by atoms with Gasteiger partial charge in [-0.05, 0) is 43.4 Å². The number of carboxylic acids is 1. The van der Waals surface area contributed by atoms with Crippen molar-refractivity contribution in [3.8, 4) is 0 Å². The number of fused-ring (bicyclic) bond motifs is 3. The molecule has 0 aromatic carbocycles. The van der Waals surface area contributed by atoms with Crippen LogP contribution in [-0.4, -0.2) is 47.2 Å². The minimum atomic E-state index is -2.88. The van der Waals surface area contributed by atoms with Crippen molar-refractivity contribution in [2.24, 2.45) is 17.8 Å². The van der Waals surface area contributed by atoms with Crippen LogP contribution < -0.4 is 9.80 Å². The molecule has 1 aromatic heterocycles. The molecule has 4 fully saturated rings. The highest BCUT2D eigenvalue weighted by Gasteiger charge is 2.50. The topological polar surface area (TPSA) is 69.6 Å². The summed E-state index contributed by atoms with van der Waals surface area (Å²) in [7, 11) is 0. The number of carboxylic acid groups (broad SMARTS) is 1. The number of hydrogen-bond acceptors (Lipinski definition) is 5. The van der Waals surface area contributed by atoms with Crippen molar-refractivity contribution in [3.05, 3.63) is 11.3 Å². The average molecular weight is 378 g/mol. The van der Waals surface area contributed by atoms with Gasteiger partial charge in [0.1, 0.15) is 11.5 Å². The maximum absolute atomic E-state index is 14.4. The minimum absolute atomic E-state index is 0.0873. The number of rotatable bonds is 4. The first-order valence-corrected chi connectivity index (χ1v) is 9.93. The molecule has 4 heterocycles. The van der Waals surface area contributed by atoms with Gasteiger partial charge in [-0.1, -0.05) is 0 Å². The summed E-state index contributed by atoms with van der Waals surface area (Å²) in [4.78, 5) is 24.2. The summed E-state index contributed by atoms with van der Waals surface area (Å²) in [5, 5.41) is 9.11. The van der Waals surface area contributed by atoms with Crippen LogP contribution in [0.4, 0.5) is 20.5 Å². The highest BCUT2D eigenvalue weighted by atomic mass is 19.3. The Hall–Kier alpha value is -1.99. The van der Waals surface area contributed by atoms with Gasteiger partial charge in [-0.2, -0.15) is 13.8 Å². The molecule has 8 heteroatoms. The van der Waals surface area contributed by atoms with E-state index in [0.29, 0.717) is 48.7 Å². The van der Waals surface area contributed by atoms with Crippen LogP contribution in [0.2, 0.25) is 0 Å². The van der Waals surface area contributed by atoms with Crippen molar-refractivity contribution in [1.29, 1.82) is 0 Å². The van der Waals surface area contributed by atoms with E-state index in [-0.39, 0.29) is 24.5 Å². The summed E-state index contributed by atoms with van der Waals surface area (Å²) in [6, 6.07) is 0. The fourth-order valence-corrected chi connectivity index (χ4v) is 5.41. The standard InChI is InChI=1S/C19H24F2N4O2/c20-19(21)4-3-13-16(19)22-18(24-5-1-2-6-24)23-17(13)25-9-11-7-12(10-25)14(11)8-15(26)27/h11-12,14H,1-10H2,(H,26,27). The fraction of sp³-hybridized carbons (Fsp3) is 0.737. The molecule has 2 aliphatic carbocycles. The molecule has 0 amide bonds. The Morgan fingerprint density at radius 1 is 1.15 bits per heavy atom. The first-order chi connectivity index (χ1) is 12.9. The Kier molecular flexibility index (Phi) is 3.81. The zero-order valence-corrected chi connectivity index (χ0v) is 15.2. The minimum Gasteiger partial charge on any atom is -0.481 e. The summed E-state index contributed by atoms with van der Waals surface area (Å²) >= 11 is 0. The van der Waals surface area contributed by atoms with Gasteiger partial charge in [-0.15, -0.1) is 0 Å². The molecule has 2 bridgehead atoms. The maximum atomic E-state index is 14.4. The summed E-state index contributed by atoms with van der Waals surface area (Å²) in [6.45, 7) is 3.05. The number of nitrogens with zero attached hydrogens (tertiary/aromatic N) is 4. The first kappa shape index (κ1) is 17.1. The van der Waals surface area contributed by atoms with Crippen molar-refractivity contribution in [3.63, 3.8) is 0 Å². The number of halogens is 2. The van der Waals surface area contributed by atoms with Crippen LogP contribution in [0.25, 0.3) is 0 Å². The number of aromatic nitrogens is 2. The predicted octanol–water partition coefficient (Wildman–Crippen LogP) is 2.66. The van der Waals surface area contributed by atoms with Crippen molar-refractivity contribution >= 4 is 17.7 Å². The predicted molar refractivity (Wildman–Crippen MR) is 95.2 cm³/mol. The molecule has 5 aliphatic rings. The Bertz CT molecular complexity index is 769. The van der Waals surface area contributed by atoms with Gasteiger partial charge in [0.05, 0.1) is 0 Å². The molecular formula is C19H24F2N4O2. The summed E-state index contributed by atoms with van der Waals surface area (Å²) in [5.41, 5.74) is 0.509. The molecule has 1 saturated carbocycles. The van der Waals surface area contributed by atoms with E-state index in [1.54, 1.807) is 0 Å². The molecule has 3 aliphatic heterocycles. The van der Waals surface area contributed by atoms with E-state index in [1.807, 2.05) is 4.90 Å². The van der Waals surface area contributed by atoms with Crippen LogP contribution in [0, 0.1) is 17.8 Å². The quantitative estimate of drug-likeness (QED) is 0.869. The Balaban J connectivity index is 1.47. The van der Waals surface area contributed by atoms with Crippen LogP contribution in [0.15, 0.2) is 0 Å². The third-order valence-corrected chi connectivity index (χ3v) is 6.83. The van der Waals surface area contributed by atoms with Gasteiger partial charge in [0.15, 0.2) is 0 Å². The number of alkyl halides is 2. The molecule has 0 spiro atoms. The van der Waals surface area contributed by atoms with E-state index in [4.69, 9.17) is 10.1 Å². The monoisotopic (exact) mass is 378 g/mol. The van der Waals surface area contributed by atoms with Crippen molar-refractivity contribution in [1.82, 2.24) is 9.97 Å². The molecular weight excluding hydrogens is 354 g/mol. The van der Waals surface area contributed by atoms with E-state index in [9.17, 15) is 13.6 Å². The van der Waals surface area contributed by atoms with E-state index >= 15 is 0 Å². The first-order valence-electron chi connectivity index (χ1n) is 9.93. The van der Waals surface area contributed by atoms with Gasteiger partial charge in [0, 0.05) is 44.6 Å². The molecule has 0 radical (unpaired) electrons. The van der Waals surface area contributed by atoms with Crippen LogP contribution in [0.3, 0.4) is 0 Å². The molecule has 1 aromatic rings. The second-order valence-electron chi connectivity index (χ2n) is 8.50. The zero-order chi connectivity index (χ0) is 18.8. The lowest BCUT2D eigenvalue weighted by Crippen LogP contribution is -2.56. The normalized spacial score (nSPS) is 31.0. The molecule has 3 saturated heterocycles. The zero-order valence-electron chi connectivity index (χ0n) is 15.2. The summed E-state index contributed by atoms with van der Waals surface area (Å²) in [6.07, 6.45) is 3.44.